The van der Waals surface area contributed by atoms with Gasteiger partial charge in [-0.3, -0.25) is 0 Å². The molecule has 0 spiro atoms. The highest BCUT2D eigenvalue weighted by Gasteiger charge is 2.22. The number of nitrogens with zero attached hydrogens (tertiary/aromatic N) is 4. The lowest BCUT2D eigenvalue weighted by Gasteiger charge is -2.13. The molecule has 0 aliphatic heterocycles. The van der Waals surface area contributed by atoms with Gasteiger partial charge >= 0.3 is 0 Å². The molecule has 4 nitrogen and oxygen atoms in total. The molecular formula is C51H32N4S. The van der Waals surface area contributed by atoms with Crippen molar-refractivity contribution in [3.63, 3.8) is 0 Å². The molecule has 0 aliphatic rings. The van der Waals surface area contributed by atoms with E-state index in [1.165, 1.54) is 31.3 Å². The Balaban J connectivity index is 1.17. The van der Waals surface area contributed by atoms with E-state index in [0.29, 0.717) is 17.5 Å². The third-order valence-corrected chi connectivity index (χ3v) is 11.9. The van der Waals surface area contributed by atoms with Gasteiger partial charge in [-0.25, -0.2) is 15.0 Å². The predicted octanol–water partition coefficient (Wildman–Crippen LogP) is 13.7. The second-order valence-corrected chi connectivity index (χ2v) is 15.0. The summed E-state index contributed by atoms with van der Waals surface area (Å²) in [6.45, 7) is 0. The summed E-state index contributed by atoms with van der Waals surface area (Å²) >= 11 is 1.79. The number of hydrogen-bond donors (Lipinski definition) is 0. The van der Waals surface area contributed by atoms with Gasteiger partial charge in [0.2, 0.25) is 0 Å². The van der Waals surface area contributed by atoms with Crippen LogP contribution in [0.5, 0.6) is 0 Å². The van der Waals surface area contributed by atoms with E-state index in [2.05, 4.69) is 193 Å². The lowest BCUT2D eigenvalue weighted by atomic mass is 9.96. The number of para-hydroxylation sites is 2. The Labute approximate surface area is 327 Å². The van der Waals surface area contributed by atoms with Gasteiger partial charge in [0.1, 0.15) is 0 Å². The van der Waals surface area contributed by atoms with Gasteiger partial charge in [0.05, 0.1) is 11.0 Å². The summed E-state index contributed by atoms with van der Waals surface area (Å²) in [6, 6.07) is 68.4. The number of aromatic nitrogens is 4. The molecule has 262 valence electrons. The second kappa shape index (κ2) is 13.3. The zero-order valence-electron chi connectivity index (χ0n) is 30.2. The van der Waals surface area contributed by atoms with Crippen LogP contribution in [0.1, 0.15) is 0 Å². The zero-order chi connectivity index (χ0) is 37.0. The van der Waals surface area contributed by atoms with E-state index in [1.54, 1.807) is 11.3 Å². The van der Waals surface area contributed by atoms with Gasteiger partial charge in [-0.05, 0) is 58.7 Å². The highest BCUT2D eigenvalue weighted by atomic mass is 32.1. The van der Waals surface area contributed by atoms with E-state index in [-0.39, 0.29) is 0 Å². The molecule has 11 rings (SSSR count). The van der Waals surface area contributed by atoms with Crippen molar-refractivity contribution in [2.24, 2.45) is 0 Å². The fraction of sp³-hybridized carbons (Fsp3) is 0. The Morgan fingerprint density at radius 1 is 0.339 bits per heavy atom. The first-order valence-electron chi connectivity index (χ1n) is 18.8. The maximum atomic E-state index is 5.38. The van der Waals surface area contributed by atoms with Gasteiger partial charge in [0, 0.05) is 53.3 Å². The zero-order valence-corrected chi connectivity index (χ0v) is 31.0. The van der Waals surface area contributed by atoms with Crippen molar-refractivity contribution in [3.05, 3.63) is 194 Å². The summed E-state index contributed by atoms with van der Waals surface area (Å²) in [5.41, 5.74) is 10.8. The Morgan fingerprint density at radius 3 is 1.66 bits per heavy atom. The van der Waals surface area contributed by atoms with Crippen molar-refractivity contribution < 1.29 is 0 Å². The molecule has 0 saturated carbocycles. The first kappa shape index (κ1) is 32.2. The van der Waals surface area contributed by atoms with Crippen molar-refractivity contribution in [3.8, 4) is 62.1 Å². The summed E-state index contributed by atoms with van der Waals surface area (Å²) < 4.78 is 4.75. The van der Waals surface area contributed by atoms with Crippen LogP contribution in [0.15, 0.2) is 194 Å². The molecular weight excluding hydrogens is 701 g/mol. The SMILES string of the molecule is c1ccc(-c2ccc(-c3ccccc3-c3nc(-c4cccc5c4sc4ccccc45)nc(-c4cccc5c4c4ccccc4n5-c4ccccc4)n3)cc2)cc1. The molecule has 11 aromatic rings. The lowest BCUT2D eigenvalue weighted by Crippen LogP contribution is -2.01. The average Bonchev–Trinajstić information content (AvgIpc) is 3.83. The molecule has 0 aliphatic carbocycles. The maximum Gasteiger partial charge on any atom is 0.165 e. The van der Waals surface area contributed by atoms with Crippen molar-refractivity contribution in [2.75, 3.05) is 0 Å². The Bertz CT molecular complexity index is 3240. The van der Waals surface area contributed by atoms with Crippen LogP contribution in [-0.4, -0.2) is 19.5 Å². The minimum atomic E-state index is 0.634. The second-order valence-electron chi connectivity index (χ2n) is 14.0. The summed E-state index contributed by atoms with van der Waals surface area (Å²) in [6.07, 6.45) is 0. The fourth-order valence-electron chi connectivity index (χ4n) is 8.12. The smallest absolute Gasteiger partial charge is 0.165 e. The van der Waals surface area contributed by atoms with Crippen LogP contribution < -0.4 is 0 Å². The van der Waals surface area contributed by atoms with Gasteiger partial charge < -0.3 is 4.57 Å². The lowest BCUT2D eigenvalue weighted by molar-refractivity contribution is 1.08. The number of fused-ring (bicyclic) bond motifs is 6. The van der Waals surface area contributed by atoms with Crippen molar-refractivity contribution >= 4 is 53.3 Å². The minimum Gasteiger partial charge on any atom is -0.309 e. The highest BCUT2D eigenvalue weighted by molar-refractivity contribution is 7.26. The van der Waals surface area contributed by atoms with Crippen LogP contribution in [-0.2, 0) is 0 Å². The number of rotatable bonds is 6. The molecule has 56 heavy (non-hydrogen) atoms. The van der Waals surface area contributed by atoms with Crippen LogP contribution >= 0.6 is 11.3 Å². The molecule has 0 unspecified atom stereocenters. The van der Waals surface area contributed by atoms with Crippen LogP contribution in [0.4, 0.5) is 0 Å². The molecule has 3 aromatic heterocycles. The van der Waals surface area contributed by atoms with Gasteiger partial charge in [0.15, 0.2) is 17.5 Å². The topological polar surface area (TPSA) is 43.6 Å². The first-order chi connectivity index (χ1) is 27.8. The van der Waals surface area contributed by atoms with E-state index in [9.17, 15) is 0 Å². The Hall–Kier alpha value is -7.21. The number of thiophene rings is 1. The number of benzene rings is 8. The van der Waals surface area contributed by atoms with Gasteiger partial charge in [-0.1, -0.05) is 158 Å². The third kappa shape index (κ3) is 5.32. The molecule has 0 saturated heterocycles. The van der Waals surface area contributed by atoms with Crippen LogP contribution in [0.2, 0.25) is 0 Å². The summed E-state index contributed by atoms with van der Waals surface area (Å²) in [7, 11) is 0. The fourth-order valence-corrected chi connectivity index (χ4v) is 9.34. The quantitative estimate of drug-likeness (QED) is 0.171. The van der Waals surface area contributed by atoms with Gasteiger partial charge in [0.25, 0.3) is 0 Å². The largest absolute Gasteiger partial charge is 0.309 e. The summed E-state index contributed by atoms with van der Waals surface area (Å²) in [5.74, 6) is 1.92. The molecule has 0 N–H and O–H groups in total. The van der Waals surface area contributed by atoms with E-state index in [0.717, 1.165) is 55.3 Å². The predicted molar refractivity (Wildman–Crippen MR) is 234 cm³/mol. The van der Waals surface area contributed by atoms with Crippen LogP contribution in [0.3, 0.4) is 0 Å². The summed E-state index contributed by atoms with van der Waals surface area (Å²) in [5, 5.41) is 4.71. The molecule has 5 heteroatoms. The third-order valence-electron chi connectivity index (χ3n) is 10.7. The number of hydrogen-bond acceptors (Lipinski definition) is 4. The maximum absolute atomic E-state index is 5.38. The molecule has 0 radical (unpaired) electrons. The van der Waals surface area contributed by atoms with Crippen molar-refractivity contribution in [2.45, 2.75) is 0 Å². The van der Waals surface area contributed by atoms with Crippen molar-refractivity contribution in [1.82, 2.24) is 19.5 Å². The summed E-state index contributed by atoms with van der Waals surface area (Å²) in [4.78, 5) is 16.1. The Kier molecular flexibility index (Phi) is 7.64. The average molecular weight is 733 g/mol. The van der Waals surface area contributed by atoms with Gasteiger partial charge in [-0.15, -0.1) is 11.3 Å². The molecule has 0 atom stereocenters. The normalized spacial score (nSPS) is 11.6. The highest BCUT2D eigenvalue weighted by Crippen LogP contribution is 2.42. The minimum absolute atomic E-state index is 0.634. The van der Waals surface area contributed by atoms with Crippen LogP contribution in [0.25, 0.3) is 104 Å². The van der Waals surface area contributed by atoms with E-state index >= 15 is 0 Å². The van der Waals surface area contributed by atoms with E-state index < -0.39 is 0 Å². The molecule has 0 fully saturated rings. The van der Waals surface area contributed by atoms with Crippen LogP contribution in [0, 0.1) is 0 Å². The monoisotopic (exact) mass is 732 g/mol. The standard InChI is InChI=1S/C51H32N4S/c1-3-15-33(16-4-1)34-29-31-35(32-30-34)37-19-7-8-21-40(37)49-52-50(54-51(53-49)43-25-13-23-39-38-20-10-12-28-46(38)56-48(39)43)42-24-14-27-45-47(42)41-22-9-11-26-44(41)55(45)36-17-5-2-6-18-36/h1-32H. The molecule has 3 heterocycles. The van der Waals surface area contributed by atoms with E-state index in [1.807, 2.05) is 6.07 Å². The molecule has 0 amide bonds. The molecule has 8 aromatic carbocycles. The Morgan fingerprint density at radius 2 is 0.857 bits per heavy atom. The molecule has 0 bridgehead atoms. The first-order valence-corrected chi connectivity index (χ1v) is 19.6. The van der Waals surface area contributed by atoms with E-state index in [4.69, 9.17) is 15.0 Å². The van der Waals surface area contributed by atoms with Crippen molar-refractivity contribution in [1.29, 1.82) is 0 Å². The van der Waals surface area contributed by atoms with Gasteiger partial charge in [-0.2, -0.15) is 0 Å².